The van der Waals surface area contributed by atoms with Crippen molar-refractivity contribution in [2.75, 3.05) is 6.61 Å². The number of aryl methyl sites for hydroxylation is 1. The zero-order valence-electron chi connectivity index (χ0n) is 27.9. The van der Waals surface area contributed by atoms with E-state index in [1.807, 2.05) is 24.5 Å². The van der Waals surface area contributed by atoms with Crippen LogP contribution >= 0.6 is 0 Å². The van der Waals surface area contributed by atoms with E-state index in [0.717, 1.165) is 19.4 Å². The molecule has 0 saturated carbocycles. The summed E-state index contributed by atoms with van der Waals surface area (Å²) in [7, 11) is 0. The van der Waals surface area contributed by atoms with Gasteiger partial charge in [-0.2, -0.15) is 0 Å². The maximum Gasteiger partial charge on any atom is 0.338 e. The minimum atomic E-state index is -0.183. The van der Waals surface area contributed by atoms with Gasteiger partial charge in [-0.25, -0.2) is 9.36 Å². The topological polar surface area (TPSA) is 30.2 Å². The van der Waals surface area contributed by atoms with Crippen molar-refractivity contribution in [1.29, 1.82) is 0 Å². The van der Waals surface area contributed by atoms with Crippen LogP contribution in [0.4, 0.5) is 0 Å². The molecular formula is C38H68ClNO2. The highest BCUT2D eigenvalue weighted by atomic mass is 35.5. The first-order valence-electron chi connectivity index (χ1n) is 18.1. The number of hydrogen-bond acceptors (Lipinski definition) is 2. The van der Waals surface area contributed by atoms with Crippen molar-refractivity contribution in [2.24, 2.45) is 0 Å². The molecule has 0 amide bonds. The Kier molecular flexibility index (Phi) is 31.5. The summed E-state index contributed by atoms with van der Waals surface area (Å²) >= 11 is 0. The first-order valence-corrected chi connectivity index (χ1v) is 18.1. The Bertz CT molecular complexity index is 718. The molecule has 0 saturated heterocycles. The van der Waals surface area contributed by atoms with Gasteiger partial charge in [-0.05, 0) is 38.5 Å². The fourth-order valence-electron chi connectivity index (χ4n) is 5.48. The van der Waals surface area contributed by atoms with E-state index in [4.69, 9.17) is 4.74 Å². The summed E-state index contributed by atoms with van der Waals surface area (Å²) in [6.45, 7) is 6.12. The van der Waals surface area contributed by atoms with E-state index >= 15 is 0 Å². The highest BCUT2D eigenvalue weighted by Crippen LogP contribution is 2.13. The van der Waals surface area contributed by atoms with Gasteiger partial charge in [0.05, 0.1) is 12.2 Å². The van der Waals surface area contributed by atoms with Crippen LogP contribution in [0.25, 0.3) is 0 Å². The zero-order valence-corrected chi connectivity index (χ0v) is 28.7. The molecule has 1 aromatic rings. The van der Waals surface area contributed by atoms with E-state index in [2.05, 4.69) is 30.6 Å². The fourth-order valence-corrected chi connectivity index (χ4v) is 5.48. The molecule has 1 rings (SSSR count). The normalized spacial score (nSPS) is 11.2. The van der Waals surface area contributed by atoms with Crippen molar-refractivity contribution >= 4 is 5.97 Å². The molecule has 0 bridgehead atoms. The van der Waals surface area contributed by atoms with Crippen molar-refractivity contribution in [3.8, 4) is 0 Å². The predicted molar refractivity (Wildman–Crippen MR) is 177 cm³/mol. The number of unbranched alkanes of at least 4 members (excludes halogenated alkanes) is 23. The Morgan fingerprint density at radius 1 is 0.571 bits per heavy atom. The van der Waals surface area contributed by atoms with Crippen LogP contribution in [0.1, 0.15) is 191 Å². The van der Waals surface area contributed by atoms with Gasteiger partial charge in [-0.3, -0.25) is 0 Å². The summed E-state index contributed by atoms with van der Waals surface area (Å²) in [4.78, 5) is 12.3. The highest BCUT2D eigenvalue weighted by Gasteiger charge is 2.09. The van der Waals surface area contributed by atoms with Crippen molar-refractivity contribution in [2.45, 2.75) is 187 Å². The molecule has 0 aliphatic heterocycles. The van der Waals surface area contributed by atoms with Crippen LogP contribution in [-0.2, 0) is 11.3 Å². The largest absolute Gasteiger partial charge is 1.00 e. The molecule has 0 spiro atoms. The number of aromatic nitrogens is 1. The second-order valence-corrected chi connectivity index (χ2v) is 12.3. The first-order chi connectivity index (χ1) is 20.3. The summed E-state index contributed by atoms with van der Waals surface area (Å²) in [5.74, 6) is -0.183. The minimum absolute atomic E-state index is 0. The first kappa shape index (κ1) is 40.6. The predicted octanol–water partition coefficient (Wildman–Crippen LogP) is 8.87. The van der Waals surface area contributed by atoms with Gasteiger partial charge in [-0.1, -0.05) is 148 Å². The number of carbonyl (C=O) groups excluding carboxylic acids is 1. The van der Waals surface area contributed by atoms with Crippen LogP contribution < -0.4 is 17.0 Å². The van der Waals surface area contributed by atoms with Gasteiger partial charge in [0.25, 0.3) is 0 Å². The molecule has 4 heteroatoms. The molecule has 42 heavy (non-hydrogen) atoms. The van der Waals surface area contributed by atoms with Gasteiger partial charge < -0.3 is 17.1 Å². The van der Waals surface area contributed by atoms with Crippen LogP contribution in [0, 0.1) is 0 Å². The average molecular weight is 606 g/mol. The summed E-state index contributed by atoms with van der Waals surface area (Å²) in [5.41, 5.74) is 0.668. The van der Waals surface area contributed by atoms with Crippen molar-refractivity contribution in [1.82, 2.24) is 0 Å². The lowest BCUT2D eigenvalue weighted by Crippen LogP contribution is -3.00. The number of carbonyl (C=O) groups is 1. The summed E-state index contributed by atoms with van der Waals surface area (Å²) in [5, 5.41) is 0. The van der Waals surface area contributed by atoms with Gasteiger partial charge in [0.15, 0.2) is 12.4 Å². The summed E-state index contributed by atoms with van der Waals surface area (Å²) in [6.07, 6.45) is 43.4. The van der Waals surface area contributed by atoms with Gasteiger partial charge >= 0.3 is 5.97 Å². The van der Waals surface area contributed by atoms with Crippen molar-refractivity contribution in [3.63, 3.8) is 0 Å². The van der Waals surface area contributed by atoms with Crippen LogP contribution in [-0.4, -0.2) is 12.6 Å². The molecule has 0 aromatic carbocycles. The lowest BCUT2D eigenvalue weighted by Gasteiger charge is -2.05. The van der Waals surface area contributed by atoms with Gasteiger partial charge in [0.2, 0.25) is 0 Å². The second kappa shape index (κ2) is 32.6. The lowest BCUT2D eigenvalue weighted by atomic mass is 10.1. The molecule has 0 unspecified atom stereocenters. The summed E-state index contributed by atoms with van der Waals surface area (Å²) in [6, 6.07) is 3.81. The molecule has 0 fully saturated rings. The molecule has 0 aliphatic rings. The number of halogens is 1. The van der Waals surface area contributed by atoms with Crippen molar-refractivity contribution in [3.05, 3.63) is 42.2 Å². The quantitative estimate of drug-likeness (QED) is 0.0379. The molecule has 0 N–H and O–H groups in total. The monoisotopic (exact) mass is 605 g/mol. The van der Waals surface area contributed by atoms with Gasteiger partial charge in [-0.15, -0.1) is 0 Å². The lowest BCUT2D eigenvalue weighted by molar-refractivity contribution is -0.697. The molecule has 244 valence electrons. The number of rotatable bonds is 30. The van der Waals surface area contributed by atoms with Crippen LogP contribution in [0.15, 0.2) is 36.7 Å². The smallest absolute Gasteiger partial charge is 0.338 e. The Hall–Kier alpha value is -1.35. The Balaban J connectivity index is 0.0000168. The molecule has 0 radical (unpaired) electrons. The number of pyridine rings is 1. The SMILES string of the molecule is CCCCCCCC/C=C\CCCCCCCC[n+]1ccc(C(=O)OCCCCCCCCCCCCCC)cc1.[Cl-]. The van der Waals surface area contributed by atoms with Crippen LogP contribution in [0.5, 0.6) is 0 Å². The van der Waals surface area contributed by atoms with Gasteiger partial charge in [0.1, 0.15) is 6.54 Å². The Labute approximate surface area is 268 Å². The van der Waals surface area contributed by atoms with Crippen LogP contribution in [0.2, 0.25) is 0 Å². The third kappa shape index (κ3) is 26.3. The van der Waals surface area contributed by atoms with E-state index < -0.39 is 0 Å². The minimum Gasteiger partial charge on any atom is -1.00 e. The molecular weight excluding hydrogens is 538 g/mol. The third-order valence-corrected chi connectivity index (χ3v) is 8.29. The average Bonchev–Trinajstić information content (AvgIpc) is 2.99. The fraction of sp³-hybridized carbons (Fsp3) is 0.789. The molecule has 0 atom stereocenters. The van der Waals surface area contributed by atoms with E-state index in [1.54, 1.807) is 0 Å². The number of ether oxygens (including phenoxy) is 1. The number of allylic oxidation sites excluding steroid dienone is 2. The Morgan fingerprint density at radius 3 is 1.40 bits per heavy atom. The van der Waals surface area contributed by atoms with E-state index in [9.17, 15) is 4.79 Å². The highest BCUT2D eigenvalue weighted by molar-refractivity contribution is 5.88. The third-order valence-electron chi connectivity index (χ3n) is 8.29. The standard InChI is InChI=1S/C38H68NO2.ClH/c1-3-5-7-9-11-13-15-17-18-19-20-21-23-25-27-29-33-39-34-31-37(32-35-39)38(40)41-36-30-28-26-24-22-16-14-12-10-8-6-4-2;/h17-18,31-32,34-35H,3-16,19-30,33,36H2,1-2H3;1H/q+1;/p-1/b18-17-;. The molecule has 3 nitrogen and oxygen atoms in total. The van der Waals surface area contributed by atoms with Crippen molar-refractivity contribution < 1.29 is 26.5 Å². The van der Waals surface area contributed by atoms with Crippen LogP contribution in [0.3, 0.4) is 0 Å². The number of nitrogens with zero attached hydrogens (tertiary/aromatic N) is 1. The van der Waals surface area contributed by atoms with Gasteiger partial charge in [0, 0.05) is 18.6 Å². The maximum atomic E-state index is 12.3. The molecule has 1 heterocycles. The summed E-state index contributed by atoms with van der Waals surface area (Å²) < 4.78 is 7.69. The Morgan fingerprint density at radius 2 is 0.952 bits per heavy atom. The second-order valence-electron chi connectivity index (χ2n) is 12.3. The molecule has 1 aromatic heterocycles. The zero-order chi connectivity index (χ0) is 29.5. The number of hydrogen-bond donors (Lipinski definition) is 0. The number of esters is 1. The van der Waals surface area contributed by atoms with E-state index in [0.29, 0.717) is 12.2 Å². The van der Waals surface area contributed by atoms with E-state index in [-0.39, 0.29) is 18.4 Å². The molecule has 0 aliphatic carbocycles. The van der Waals surface area contributed by atoms with E-state index in [1.165, 1.54) is 154 Å². The maximum absolute atomic E-state index is 12.3.